The maximum Gasteiger partial charge on any atom is 1.00 e. The molecule has 12 nitrogen and oxygen atoms in total. The van der Waals surface area contributed by atoms with Crippen molar-refractivity contribution >= 4 is 24.6 Å². The third kappa shape index (κ3) is 3.45. The summed E-state index contributed by atoms with van der Waals surface area (Å²) in [7, 11) is -4.97. The Kier molecular flexibility index (Phi) is 5.53. The second-order valence-corrected chi connectivity index (χ2v) is 6.73. The number of phosphoric acid groups is 1. The van der Waals surface area contributed by atoms with Gasteiger partial charge in [0.05, 0.1) is 12.9 Å². The Morgan fingerprint density at radius 2 is 2.00 bits per heavy atom. The van der Waals surface area contributed by atoms with Crippen LogP contribution in [0.5, 0.6) is 0 Å². The summed E-state index contributed by atoms with van der Waals surface area (Å²) in [6.45, 7) is -0.642. The molecule has 3 N–H and O–H groups in total. The van der Waals surface area contributed by atoms with E-state index in [-0.39, 0.29) is 29.6 Å². The zero-order chi connectivity index (χ0) is 17.8. The van der Waals surface area contributed by atoms with Crippen molar-refractivity contribution in [3.05, 3.63) is 25.0 Å². The van der Waals surface area contributed by atoms with Crippen LogP contribution >= 0.6 is 7.82 Å². The van der Waals surface area contributed by atoms with Crippen LogP contribution < -0.4 is 34.5 Å². The van der Waals surface area contributed by atoms with Crippen LogP contribution in [0.4, 0.5) is 0 Å². The predicted octanol–water partition coefficient (Wildman–Crippen LogP) is -4.82. The Labute approximate surface area is 167 Å². The fraction of sp³-hybridized carbons (Fsp3) is 0.417. The Balaban J connectivity index is 0.00000196. The summed E-state index contributed by atoms with van der Waals surface area (Å²) in [5.41, 5.74) is 1.40. The number of phosphoric ester groups is 1. The first-order valence-corrected chi connectivity index (χ1v) is 8.69. The number of hydrogen-bond donors (Lipinski definition) is 3. The van der Waals surface area contributed by atoms with E-state index in [0.29, 0.717) is 16.8 Å². The molecule has 0 aliphatic carbocycles. The molecule has 4 heterocycles. The van der Waals surface area contributed by atoms with Crippen molar-refractivity contribution in [2.75, 3.05) is 6.61 Å². The van der Waals surface area contributed by atoms with Crippen molar-refractivity contribution in [2.24, 2.45) is 0 Å². The van der Waals surface area contributed by atoms with Gasteiger partial charge in [0.1, 0.15) is 24.6 Å². The molecule has 3 aromatic heterocycles. The number of hydrogen-bond acceptors (Lipinski definition) is 9. The maximum absolute atomic E-state index is 10.7. The number of fused-ring (bicyclic) bond motifs is 3. The summed E-state index contributed by atoms with van der Waals surface area (Å²) in [6, 6.07) is 0. The first-order valence-electron chi connectivity index (χ1n) is 7.19. The van der Waals surface area contributed by atoms with E-state index in [2.05, 4.69) is 19.5 Å². The van der Waals surface area contributed by atoms with Crippen LogP contribution in [0.2, 0.25) is 0 Å². The first-order chi connectivity index (χ1) is 11.8. The molecule has 4 rings (SSSR count). The molecule has 1 aliphatic rings. The van der Waals surface area contributed by atoms with Gasteiger partial charge in [0.25, 0.3) is 7.82 Å². The van der Waals surface area contributed by atoms with Gasteiger partial charge in [0, 0.05) is 12.4 Å². The molecule has 0 spiro atoms. The normalized spacial score (nSPS) is 28.3. The van der Waals surface area contributed by atoms with Crippen LogP contribution in [0.25, 0.3) is 16.8 Å². The predicted molar refractivity (Wildman–Crippen MR) is 78.0 cm³/mol. The summed E-state index contributed by atoms with van der Waals surface area (Å²) in [5.74, 6) is 0. The van der Waals surface area contributed by atoms with Gasteiger partial charge in [-0.1, -0.05) is 0 Å². The molecule has 5 unspecified atom stereocenters. The number of aliphatic hydroxyl groups excluding tert-OH is 2. The molecule has 0 saturated carbocycles. The molecule has 0 amide bonds. The Hall–Kier alpha value is -0.920. The largest absolute Gasteiger partial charge is 1.00 e. The average Bonchev–Trinajstić information content (AvgIpc) is 3.23. The van der Waals surface area contributed by atoms with E-state index in [9.17, 15) is 19.7 Å². The first kappa shape index (κ1) is 19.8. The van der Waals surface area contributed by atoms with Gasteiger partial charge < -0.3 is 29.3 Å². The van der Waals surface area contributed by atoms with Gasteiger partial charge in [-0.15, -0.1) is 0 Å². The minimum absolute atomic E-state index is 0. The fourth-order valence-electron chi connectivity index (χ4n) is 2.80. The van der Waals surface area contributed by atoms with Crippen molar-refractivity contribution in [1.82, 2.24) is 23.9 Å². The summed E-state index contributed by atoms with van der Waals surface area (Å²) < 4.78 is 23.5. The van der Waals surface area contributed by atoms with E-state index in [4.69, 9.17) is 9.63 Å². The van der Waals surface area contributed by atoms with Crippen molar-refractivity contribution in [3.63, 3.8) is 0 Å². The second-order valence-electron chi connectivity index (χ2n) is 5.54. The number of nitrogens with zero attached hydrogens (tertiary/aromatic N) is 5. The number of aromatic nitrogens is 5. The monoisotopic (exact) mass is 393 g/mol. The number of ether oxygens (including phenoxy) is 1. The van der Waals surface area contributed by atoms with E-state index >= 15 is 0 Å². The van der Waals surface area contributed by atoms with Crippen LogP contribution in [-0.4, -0.2) is 63.9 Å². The molecule has 26 heavy (non-hydrogen) atoms. The van der Waals surface area contributed by atoms with Crippen molar-refractivity contribution in [2.45, 2.75) is 24.5 Å². The maximum atomic E-state index is 10.7. The SMILES string of the molecule is O=P([O-])(O)OCC1OC(n2cnc3c2ncn2ccnc32)C(O)C1O.[Na+]. The van der Waals surface area contributed by atoms with Crippen LogP contribution in [0, 0.1) is 0 Å². The van der Waals surface area contributed by atoms with E-state index in [1.54, 1.807) is 16.8 Å². The van der Waals surface area contributed by atoms with Crippen LogP contribution in [0.3, 0.4) is 0 Å². The quantitative estimate of drug-likeness (QED) is 0.289. The molecule has 0 bridgehead atoms. The van der Waals surface area contributed by atoms with E-state index in [1.807, 2.05) is 0 Å². The van der Waals surface area contributed by atoms with Gasteiger partial charge in [-0.05, 0) is 0 Å². The van der Waals surface area contributed by atoms with E-state index in [1.165, 1.54) is 17.2 Å². The fourth-order valence-corrected chi connectivity index (χ4v) is 3.13. The van der Waals surface area contributed by atoms with Crippen molar-refractivity contribution < 1.29 is 63.4 Å². The van der Waals surface area contributed by atoms with Gasteiger partial charge in [0.15, 0.2) is 23.0 Å². The Morgan fingerprint density at radius 3 is 2.73 bits per heavy atom. The molecule has 0 aromatic carbocycles. The minimum Gasteiger partial charge on any atom is -0.756 e. The third-order valence-electron chi connectivity index (χ3n) is 3.97. The van der Waals surface area contributed by atoms with Crippen molar-refractivity contribution in [1.29, 1.82) is 0 Å². The topological polar surface area (TPSA) is 167 Å². The summed E-state index contributed by atoms with van der Waals surface area (Å²) in [6.07, 6.45) is 1.14. The van der Waals surface area contributed by atoms with Crippen LogP contribution in [-0.2, 0) is 13.8 Å². The second kappa shape index (κ2) is 7.24. The van der Waals surface area contributed by atoms with Gasteiger partial charge in [-0.25, -0.2) is 15.0 Å². The molecular weight excluding hydrogens is 380 g/mol. The van der Waals surface area contributed by atoms with E-state index in [0.717, 1.165) is 0 Å². The van der Waals surface area contributed by atoms with Gasteiger partial charge in [-0.2, -0.15) is 0 Å². The number of rotatable bonds is 4. The molecule has 5 atom stereocenters. The molecule has 134 valence electrons. The third-order valence-corrected chi connectivity index (χ3v) is 4.44. The molecule has 0 radical (unpaired) electrons. The van der Waals surface area contributed by atoms with Crippen LogP contribution in [0.1, 0.15) is 6.23 Å². The molecule has 1 saturated heterocycles. The Bertz CT molecular complexity index is 973. The summed E-state index contributed by atoms with van der Waals surface area (Å²) >= 11 is 0. The zero-order valence-electron chi connectivity index (χ0n) is 13.5. The molecule has 3 aromatic rings. The minimum atomic E-state index is -4.97. The smallest absolute Gasteiger partial charge is 0.756 e. The number of imidazole rings is 2. The van der Waals surface area contributed by atoms with E-state index < -0.39 is 39.0 Å². The zero-order valence-corrected chi connectivity index (χ0v) is 16.4. The molecular formula is C12H13N5NaO7P. The van der Waals surface area contributed by atoms with Gasteiger partial charge >= 0.3 is 29.6 Å². The van der Waals surface area contributed by atoms with Gasteiger partial charge in [0.2, 0.25) is 0 Å². The van der Waals surface area contributed by atoms with Gasteiger partial charge in [-0.3, -0.25) is 13.5 Å². The van der Waals surface area contributed by atoms with Crippen LogP contribution in [0.15, 0.2) is 25.0 Å². The number of aliphatic hydroxyl groups is 2. The van der Waals surface area contributed by atoms with Crippen molar-refractivity contribution in [3.8, 4) is 0 Å². The Morgan fingerprint density at radius 1 is 1.23 bits per heavy atom. The summed E-state index contributed by atoms with van der Waals surface area (Å²) in [4.78, 5) is 32.0. The average molecular weight is 393 g/mol. The summed E-state index contributed by atoms with van der Waals surface area (Å²) in [5, 5.41) is 20.3. The molecule has 1 fully saturated rings. The molecule has 1 aliphatic heterocycles. The molecule has 14 heteroatoms. The standard InChI is InChI=1S/C12H14N5O7P.Na/c18-8-6(3-23-25(20,21)22)24-12(9(8)19)17-5-14-7-10-13-1-2-16(10)4-15-11(7)17;/h1-2,4-6,8-9,12,18-19H,3H2,(H2,20,21,22);/q;+1/p-1.